The van der Waals surface area contributed by atoms with Gasteiger partial charge < -0.3 is 19.9 Å². The molecule has 0 fully saturated rings. The van der Waals surface area contributed by atoms with Gasteiger partial charge in [0.1, 0.15) is 12.4 Å². The minimum atomic E-state index is -0.00817. The molecule has 0 aliphatic heterocycles. The number of hydrogen-bond donors (Lipinski definition) is 2. The van der Waals surface area contributed by atoms with Crippen molar-refractivity contribution in [2.45, 2.75) is 25.7 Å². The van der Waals surface area contributed by atoms with Crippen LogP contribution in [-0.2, 0) is 22.3 Å². The monoisotopic (exact) mass is 293 g/mol. The number of ether oxygens (including phenoxy) is 3. The summed E-state index contributed by atoms with van der Waals surface area (Å²) in [5.41, 5.74) is 8.47. The first kappa shape index (κ1) is 15.7. The molecule has 6 nitrogen and oxygen atoms in total. The SMILES string of the molecule is COCCOCCOc1nc2c(cc1C(=N)N)CCCC2. The highest BCUT2D eigenvalue weighted by Crippen LogP contribution is 2.25. The number of hydrogen-bond acceptors (Lipinski definition) is 5. The van der Waals surface area contributed by atoms with E-state index in [0.29, 0.717) is 37.9 Å². The molecule has 1 heterocycles. The quantitative estimate of drug-likeness (QED) is 0.428. The summed E-state index contributed by atoms with van der Waals surface area (Å²) in [5.74, 6) is 0.435. The van der Waals surface area contributed by atoms with Crippen LogP contribution in [0.3, 0.4) is 0 Å². The highest BCUT2D eigenvalue weighted by molar-refractivity contribution is 5.97. The molecule has 6 heteroatoms. The van der Waals surface area contributed by atoms with Gasteiger partial charge in [-0.3, -0.25) is 5.41 Å². The Kier molecular flexibility index (Phi) is 5.95. The predicted octanol–water partition coefficient (Wildman–Crippen LogP) is 1.29. The number of nitrogens with two attached hydrogens (primary N) is 1. The number of aromatic nitrogens is 1. The first-order valence-electron chi connectivity index (χ1n) is 7.29. The van der Waals surface area contributed by atoms with Gasteiger partial charge in [-0.25, -0.2) is 4.98 Å². The second-order valence-corrected chi connectivity index (χ2v) is 5.02. The Morgan fingerprint density at radius 2 is 2.00 bits per heavy atom. The van der Waals surface area contributed by atoms with E-state index >= 15 is 0 Å². The molecule has 0 aromatic carbocycles. The third-order valence-corrected chi connectivity index (χ3v) is 3.45. The van der Waals surface area contributed by atoms with Crippen molar-refractivity contribution in [3.63, 3.8) is 0 Å². The molecule has 1 aliphatic rings. The molecule has 0 spiro atoms. The van der Waals surface area contributed by atoms with Crippen molar-refractivity contribution in [1.29, 1.82) is 5.41 Å². The molecular formula is C15H23N3O3. The first-order chi connectivity index (χ1) is 10.2. The van der Waals surface area contributed by atoms with Crippen molar-refractivity contribution in [3.8, 4) is 5.88 Å². The molecule has 0 saturated heterocycles. The number of rotatable bonds is 8. The molecular weight excluding hydrogens is 270 g/mol. The number of nitrogens with zero attached hydrogens (tertiary/aromatic N) is 1. The van der Waals surface area contributed by atoms with Gasteiger partial charge in [-0.05, 0) is 37.3 Å². The van der Waals surface area contributed by atoms with Gasteiger partial charge in [-0.15, -0.1) is 0 Å². The van der Waals surface area contributed by atoms with Gasteiger partial charge in [0.05, 0.1) is 25.4 Å². The second-order valence-electron chi connectivity index (χ2n) is 5.02. The lowest BCUT2D eigenvalue weighted by Crippen LogP contribution is -2.19. The fourth-order valence-electron chi connectivity index (χ4n) is 2.36. The van der Waals surface area contributed by atoms with E-state index in [4.69, 9.17) is 25.4 Å². The lowest BCUT2D eigenvalue weighted by molar-refractivity contribution is 0.0536. The Hall–Kier alpha value is -1.66. The topological polar surface area (TPSA) is 90.5 Å². The second kappa shape index (κ2) is 7.95. The van der Waals surface area contributed by atoms with Crippen LogP contribution in [0.1, 0.15) is 29.7 Å². The maximum atomic E-state index is 7.67. The zero-order valence-corrected chi connectivity index (χ0v) is 12.5. The van der Waals surface area contributed by atoms with Crippen LogP contribution < -0.4 is 10.5 Å². The molecule has 1 aromatic rings. The van der Waals surface area contributed by atoms with Crippen LogP contribution in [-0.4, -0.2) is 44.4 Å². The summed E-state index contributed by atoms with van der Waals surface area (Å²) in [5, 5.41) is 7.67. The molecule has 116 valence electrons. The van der Waals surface area contributed by atoms with Gasteiger partial charge in [0.2, 0.25) is 5.88 Å². The van der Waals surface area contributed by atoms with Crippen LogP contribution in [0.15, 0.2) is 6.07 Å². The van der Waals surface area contributed by atoms with Crippen LogP contribution >= 0.6 is 0 Å². The minimum absolute atomic E-state index is 0.00817. The van der Waals surface area contributed by atoms with E-state index in [-0.39, 0.29) is 5.84 Å². The number of aryl methyl sites for hydroxylation is 2. The molecule has 0 bridgehead atoms. The molecule has 1 aliphatic carbocycles. The Bertz CT molecular complexity index is 491. The van der Waals surface area contributed by atoms with Crippen LogP contribution in [0.5, 0.6) is 5.88 Å². The number of amidine groups is 1. The molecule has 0 amide bonds. The van der Waals surface area contributed by atoms with Crippen molar-refractivity contribution in [3.05, 3.63) is 22.9 Å². The number of nitrogens with one attached hydrogen (secondary N) is 1. The van der Waals surface area contributed by atoms with E-state index in [2.05, 4.69) is 4.98 Å². The molecule has 1 aromatic heterocycles. The largest absolute Gasteiger partial charge is 0.475 e. The Morgan fingerprint density at radius 3 is 2.76 bits per heavy atom. The van der Waals surface area contributed by atoms with Gasteiger partial charge in [-0.1, -0.05) is 0 Å². The normalized spacial score (nSPS) is 13.8. The minimum Gasteiger partial charge on any atom is -0.475 e. The third-order valence-electron chi connectivity index (χ3n) is 3.45. The van der Waals surface area contributed by atoms with Crippen LogP contribution in [0.2, 0.25) is 0 Å². The van der Waals surface area contributed by atoms with Gasteiger partial charge in [0.25, 0.3) is 0 Å². The van der Waals surface area contributed by atoms with Gasteiger partial charge in [-0.2, -0.15) is 0 Å². The van der Waals surface area contributed by atoms with Crippen LogP contribution in [0.4, 0.5) is 0 Å². The standard InChI is InChI=1S/C15H23N3O3/c1-19-6-7-20-8-9-21-15-12(14(16)17)10-11-4-2-3-5-13(11)18-15/h10H,2-9H2,1H3,(H3,16,17). The summed E-state index contributed by atoms with van der Waals surface area (Å²) in [6.45, 7) is 1.95. The van der Waals surface area contributed by atoms with E-state index < -0.39 is 0 Å². The van der Waals surface area contributed by atoms with Crippen LogP contribution in [0, 0.1) is 5.41 Å². The van der Waals surface area contributed by atoms with Crippen molar-refractivity contribution in [2.75, 3.05) is 33.5 Å². The van der Waals surface area contributed by atoms with Crippen LogP contribution in [0.25, 0.3) is 0 Å². The Morgan fingerprint density at radius 1 is 1.24 bits per heavy atom. The summed E-state index contributed by atoms with van der Waals surface area (Å²) in [4.78, 5) is 4.55. The van der Waals surface area contributed by atoms with Gasteiger partial charge >= 0.3 is 0 Å². The number of methoxy groups -OCH3 is 1. The molecule has 0 radical (unpaired) electrons. The lowest BCUT2D eigenvalue weighted by Gasteiger charge is -2.18. The molecule has 0 saturated carbocycles. The van der Waals surface area contributed by atoms with E-state index in [1.165, 1.54) is 12.0 Å². The molecule has 0 atom stereocenters. The number of pyridine rings is 1. The first-order valence-corrected chi connectivity index (χ1v) is 7.29. The molecule has 2 rings (SSSR count). The fourth-order valence-corrected chi connectivity index (χ4v) is 2.36. The molecule has 3 N–H and O–H groups in total. The van der Waals surface area contributed by atoms with E-state index in [1.807, 2.05) is 6.07 Å². The zero-order valence-electron chi connectivity index (χ0n) is 12.5. The highest BCUT2D eigenvalue weighted by Gasteiger charge is 2.17. The maximum Gasteiger partial charge on any atom is 0.224 e. The molecule has 0 unspecified atom stereocenters. The average Bonchev–Trinajstić information content (AvgIpc) is 2.49. The smallest absolute Gasteiger partial charge is 0.224 e. The highest BCUT2D eigenvalue weighted by atomic mass is 16.5. The lowest BCUT2D eigenvalue weighted by atomic mass is 9.95. The summed E-state index contributed by atoms with van der Waals surface area (Å²) >= 11 is 0. The van der Waals surface area contributed by atoms with Gasteiger partial charge in [0, 0.05) is 12.8 Å². The van der Waals surface area contributed by atoms with Crippen molar-refractivity contribution in [1.82, 2.24) is 4.98 Å². The van der Waals surface area contributed by atoms with Crippen molar-refractivity contribution < 1.29 is 14.2 Å². The fraction of sp³-hybridized carbons (Fsp3) is 0.600. The van der Waals surface area contributed by atoms with Crippen molar-refractivity contribution in [2.24, 2.45) is 5.73 Å². The maximum absolute atomic E-state index is 7.67. The Balaban J connectivity index is 1.98. The summed E-state index contributed by atoms with van der Waals surface area (Å²) < 4.78 is 15.9. The van der Waals surface area contributed by atoms with E-state index in [0.717, 1.165) is 25.0 Å². The zero-order chi connectivity index (χ0) is 15.1. The third kappa shape index (κ3) is 4.41. The predicted molar refractivity (Wildman–Crippen MR) is 80.1 cm³/mol. The van der Waals surface area contributed by atoms with E-state index in [9.17, 15) is 0 Å². The summed E-state index contributed by atoms with van der Waals surface area (Å²) in [6.07, 6.45) is 4.29. The van der Waals surface area contributed by atoms with Crippen molar-refractivity contribution >= 4 is 5.84 Å². The number of nitrogen functional groups attached to an aromatic ring is 1. The summed E-state index contributed by atoms with van der Waals surface area (Å²) in [7, 11) is 1.63. The number of fused-ring (bicyclic) bond motifs is 1. The average molecular weight is 293 g/mol. The van der Waals surface area contributed by atoms with E-state index in [1.54, 1.807) is 7.11 Å². The molecule has 21 heavy (non-hydrogen) atoms. The van der Waals surface area contributed by atoms with Gasteiger partial charge in [0.15, 0.2) is 0 Å². The Labute approximate surface area is 125 Å². The summed E-state index contributed by atoms with van der Waals surface area (Å²) in [6, 6.07) is 1.95.